The molecule has 1 amide bonds. The molecule has 0 aromatic heterocycles. The first kappa shape index (κ1) is 19.5. The number of carbonyl (C=O) groups excluding carboxylic acids is 1. The van der Waals surface area contributed by atoms with Crippen molar-refractivity contribution in [3.63, 3.8) is 0 Å². The highest BCUT2D eigenvalue weighted by molar-refractivity contribution is 5.85. The van der Waals surface area contributed by atoms with Crippen LogP contribution < -0.4 is 11.1 Å². The van der Waals surface area contributed by atoms with Crippen LogP contribution in [-0.4, -0.2) is 18.5 Å². The Bertz CT molecular complexity index is 728. The van der Waals surface area contributed by atoms with E-state index < -0.39 is 0 Å². The fourth-order valence-electron chi connectivity index (χ4n) is 3.31. The highest BCUT2D eigenvalue weighted by Gasteiger charge is 2.17. The van der Waals surface area contributed by atoms with Gasteiger partial charge in [-0.05, 0) is 60.4 Å². The number of benzene rings is 2. The molecule has 3 N–H and O–H groups in total. The topological polar surface area (TPSA) is 55.1 Å². The number of nitrogens with two attached hydrogens (primary N) is 1. The molecule has 0 saturated heterocycles. The molecule has 1 atom stereocenters. The Morgan fingerprint density at radius 3 is 2.72 bits per heavy atom. The Balaban J connectivity index is 0.00000225. The Kier molecular flexibility index (Phi) is 7.03. The van der Waals surface area contributed by atoms with E-state index in [1.54, 1.807) is 0 Å². The fourth-order valence-corrected chi connectivity index (χ4v) is 3.31. The molecule has 3 nitrogen and oxygen atoms in total. The van der Waals surface area contributed by atoms with E-state index in [1.165, 1.54) is 27.8 Å². The van der Waals surface area contributed by atoms with Crippen LogP contribution in [0.5, 0.6) is 0 Å². The number of amides is 1. The highest BCUT2D eigenvalue weighted by atomic mass is 35.5. The van der Waals surface area contributed by atoms with Gasteiger partial charge in [0, 0.05) is 19.0 Å². The van der Waals surface area contributed by atoms with Gasteiger partial charge in [-0.15, -0.1) is 12.4 Å². The van der Waals surface area contributed by atoms with Crippen LogP contribution in [0.15, 0.2) is 42.5 Å². The lowest BCUT2D eigenvalue weighted by molar-refractivity contribution is -0.121. The SMILES string of the molecule is CC(N)CCNC(=O)CCCc1ccc2c(c1)-c1ccccc1C2.Cl. The number of halogens is 1. The van der Waals surface area contributed by atoms with Gasteiger partial charge < -0.3 is 11.1 Å². The minimum Gasteiger partial charge on any atom is -0.356 e. The van der Waals surface area contributed by atoms with Gasteiger partial charge in [0.25, 0.3) is 0 Å². The van der Waals surface area contributed by atoms with Crippen molar-refractivity contribution in [2.24, 2.45) is 5.73 Å². The van der Waals surface area contributed by atoms with Crippen molar-refractivity contribution in [2.75, 3.05) is 6.54 Å². The van der Waals surface area contributed by atoms with E-state index in [-0.39, 0.29) is 24.4 Å². The second-order valence-corrected chi connectivity index (χ2v) is 6.79. The maximum atomic E-state index is 11.8. The van der Waals surface area contributed by atoms with Gasteiger partial charge in [0.05, 0.1) is 0 Å². The Morgan fingerprint density at radius 2 is 1.92 bits per heavy atom. The van der Waals surface area contributed by atoms with Crippen LogP contribution >= 0.6 is 12.4 Å². The van der Waals surface area contributed by atoms with Crippen molar-refractivity contribution >= 4 is 18.3 Å². The zero-order chi connectivity index (χ0) is 16.9. The van der Waals surface area contributed by atoms with E-state index in [9.17, 15) is 4.79 Å². The lowest BCUT2D eigenvalue weighted by atomic mass is 10.00. The lowest BCUT2D eigenvalue weighted by Crippen LogP contribution is -2.28. The number of nitrogens with one attached hydrogen (secondary N) is 1. The summed E-state index contributed by atoms with van der Waals surface area (Å²) in [6, 6.07) is 15.5. The molecular weight excluding hydrogens is 332 g/mol. The lowest BCUT2D eigenvalue weighted by Gasteiger charge is -2.08. The number of hydrogen-bond donors (Lipinski definition) is 2. The molecule has 0 radical (unpaired) electrons. The normalized spacial score (nSPS) is 12.7. The largest absolute Gasteiger partial charge is 0.356 e. The average Bonchev–Trinajstić information content (AvgIpc) is 2.92. The van der Waals surface area contributed by atoms with E-state index in [1.807, 2.05) is 6.92 Å². The van der Waals surface area contributed by atoms with Crippen LogP contribution in [0.4, 0.5) is 0 Å². The molecule has 25 heavy (non-hydrogen) atoms. The third kappa shape index (κ3) is 5.07. The van der Waals surface area contributed by atoms with Gasteiger partial charge in [0.2, 0.25) is 5.91 Å². The van der Waals surface area contributed by atoms with Crippen LogP contribution in [0, 0.1) is 0 Å². The molecule has 0 heterocycles. The van der Waals surface area contributed by atoms with Crippen LogP contribution in [0.3, 0.4) is 0 Å². The summed E-state index contributed by atoms with van der Waals surface area (Å²) in [6.45, 7) is 2.63. The molecule has 2 aromatic carbocycles. The Hall–Kier alpha value is -1.84. The van der Waals surface area contributed by atoms with Gasteiger partial charge in [-0.2, -0.15) is 0 Å². The minimum absolute atomic E-state index is 0. The summed E-state index contributed by atoms with van der Waals surface area (Å²) in [6.07, 6.45) is 4.26. The second-order valence-electron chi connectivity index (χ2n) is 6.79. The second kappa shape index (κ2) is 9.02. The van der Waals surface area contributed by atoms with E-state index >= 15 is 0 Å². The third-order valence-corrected chi connectivity index (χ3v) is 4.65. The predicted molar refractivity (Wildman–Crippen MR) is 106 cm³/mol. The molecule has 4 heteroatoms. The summed E-state index contributed by atoms with van der Waals surface area (Å²) in [4.78, 5) is 11.8. The molecule has 134 valence electrons. The number of fused-ring (bicyclic) bond motifs is 3. The molecule has 2 aromatic rings. The van der Waals surface area contributed by atoms with Crippen molar-refractivity contribution in [3.8, 4) is 11.1 Å². The molecule has 1 aliphatic carbocycles. The molecule has 0 spiro atoms. The predicted octanol–water partition coefficient (Wildman–Crippen LogP) is 3.86. The Labute approximate surface area is 156 Å². The molecule has 0 saturated carbocycles. The number of carbonyl (C=O) groups is 1. The van der Waals surface area contributed by atoms with Gasteiger partial charge in [-0.25, -0.2) is 0 Å². The van der Waals surface area contributed by atoms with Crippen LogP contribution in [-0.2, 0) is 17.6 Å². The monoisotopic (exact) mass is 358 g/mol. The highest BCUT2D eigenvalue weighted by Crippen LogP contribution is 2.36. The number of hydrogen-bond acceptors (Lipinski definition) is 2. The zero-order valence-electron chi connectivity index (χ0n) is 14.8. The van der Waals surface area contributed by atoms with Crippen molar-refractivity contribution in [3.05, 3.63) is 59.2 Å². The molecule has 0 bridgehead atoms. The van der Waals surface area contributed by atoms with Gasteiger partial charge in [-0.1, -0.05) is 42.5 Å². The van der Waals surface area contributed by atoms with Gasteiger partial charge in [0.1, 0.15) is 0 Å². The summed E-state index contributed by atoms with van der Waals surface area (Å²) < 4.78 is 0. The van der Waals surface area contributed by atoms with E-state index in [4.69, 9.17) is 5.73 Å². The number of rotatable bonds is 7. The van der Waals surface area contributed by atoms with Gasteiger partial charge >= 0.3 is 0 Å². The maximum Gasteiger partial charge on any atom is 0.220 e. The summed E-state index contributed by atoms with van der Waals surface area (Å²) in [5, 5.41) is 2.94. The third-order valence-electron chi connectivity index (χ3n) is 4.65. The first-order chi connectivity index (χ1) is 11.6. The first-order valence-electron chi connectivity index (χ1n) is 8.86. The van der Waals surface area contributed by atoms with Crippen molar-refractivity contribution in [1.82, 2.24) is 5.32 Å². The molecule has 0 fully saturated rings. The molecule has 1 unspecified atom stereocenters. The van der Waals surface area contributed by atoms with Crippen molar-refractivity contribution < 1.29 is 4.79 Å². The fraction of sp³-hybridized carbons (Fsp3) is 0.381. The van der Waals surface area contributed by atoms with Crippen LogP contribution in [0.25, 0.3) is 11.1 Å². The summed E-state index contributed by atoms with van der Waals surface area (Å²) in [5.41, 5.74) is 12.6. The summed E-state index contributed by atoms with van der Waals surface area (Å²) in [7, 11) is 0. The van der Waals surface area contributed by atoms with Crippen LogP contribution in [0.2, 0.25) is 0 Å². The molecule has 3 rings (SSSR count). The first-order valence-corrected chi connectivity index (χ1v) is 8.86. The number of aryl methyl sites for hydroxylation is 1. The maximum absolute atomic E-state index is 11.8. The van der Waals surface area contributed by atoms with E-state index in [2.05, 4.69) is 47.8 Å². The minimum atomic E-state index is 0. The summed E-state index contributed by atoms with van der Waals surface area (Å²) >= 11 is 0. The zero-order valence-corrected chi connectivity index (χ0v) is 15.6. The van der Waals surface area contributed by atoms with Gasteiger partial charge in [0.15, 0.2) is 0 Å². The Morgan fingerprint density at radius 1 is 1.16 bits per heavy atom. The standard InChI is InChI=1S/C21H26N2O.ClH/c1-15(22)11-12-23-21(24)8-4-5-16-9-10-18-14-17-6-2-3-7-19(17)20(18)13-16;/h2-3,6-7,9-10,13,15H,4-5,8,11-12,14,22H2,1H3,(H,23,24);1H. The molecule has 1 aliphatic rings. The van der Waals surface area contributed by atoms with Crippen LogP contribution in [0.1, 0.15) is 42.9 Å². The smallest absolute Gasteiger partial charge is 0.220 e. The van der Waals surface area contributed by atoms with Gasteiger partial charge in [-0.3, -0.25) is 4.79 Å². The molecule has 0 aliphatic heterocycles. The summed E-state index contributed by atoms with van der Waals surface area (Å²) in [5.74, 6) is 0.127. The average molecular weight is 359 g/mol. The molecular formula is C21H27ClN2O. The van der Waals surface area contributed by atoms with Crippen molar-refractivity contribution in [1.29, 1.82) is 0 Å². The van der Waals surface area contributed by atoms with E-state index in [0.717, 1.165) is 25.7 Å². The van der Waals surface area contributed by atoms with Crippen molar-refractivity contribution in [2.45, 2.75) is 45.1 Å². The van der Waals surface area contributed by atoms with E-state index in [0.29, 0.717) is 13.0 Å². The quantitative estimate of drug-likeness (QED) is 0.673.